The first-order valence-electron chi connectivity index (χ1n) is 9.18. The minimum atomic E-state index is -2.82. The number of benzene rings is 1. The maximum atomic E-state index is 12.3. The smallest absolute Gasteiger partial charge is 0.428 e. The molecule has 4 atom stereocenters. The number of carboxylic acid groups (broad SMARTS) is 1. The molecule has 1 unspecified atom stereocenters. The minimum absolute atomic E-state index is 0.0826. The number of carboxylic acids is 1. The van der Waals surface area contributed by atoms with Gasteiger partial charge in [-0.1, -0.05) is 0 Å². The molecule has 1 aromatic rings. The van der Waals surface area contributed by atoms with Crippen molar-refractivity contribution >= 4 is 35.0 Å². The van der Waals surface area contributed by atoms with Crippen molar-refractivity contribution in [3.8, 4) is 11.5 Å². The highest BCUT2D eigenvalue weighted by atomic mass is 32.2. The van der Waals surface area contributed by atoms with Crippen LogP contribution < -0.4 is 5.43 Å². The van der Waals surface area contributed by atoms with Crippen LogP contribution in [0.4, 0.5) is 4.79 Å². The Balaban J connectivity index is 2.10. The second-order valence-corrected chi connectivity index (χ2v) is 8.85. The van der Waals surface area contributed by atoms with Crippen LogP contribution in [0.25, 0.3) is 0 Å². The number of amides is 3. The largest absolute Gasteiger partial charge is 0.504 e. The summed E-state index contributed by atoms with van der Waals surface area (Å²) in [6.07, 6.45) is -1.11. The monoisotopic (exact) mass is 473 g/mol. The first kappa shape index (κ1) is 24.9. The van der Waals surface area contributed by atoms with Crippen molar-refractivity contribution in [3.05, 3.63) is 23.8 Å². The van der Waals surface area contributed by atoms with Gasteiger partial charge < -0.3 is 29.5 Å². The lowest BCUT2D eigenvalue weighted by molar-refractivity contribution is -0.163. The van der Waals surface area contributed by atoms with Gasteiger partial charge in [0.15, 0.2) is 28.6 Å². The summed E-state index contributed by atoms with van der Waals surface area (Å²) < 4.78 is 24.7. The Labute approximate surface area is 184 Å². The molecule has 1 fully saturated rings. The van der Waals surface area contributed by atoms with Gasteiger partial charge in [0.05, 0.1) is 0 Å². The molecule has 14 heteroatoms. The van der Waals surface area contributed by atoms with Gasteiger partial charge in [0.2, 0.25) is 5.91 Å². The van der Waals surface area contributed by atoms with Crippen LogP contribution in [0.2, 0.25) is 0 Å². The van der Waals surface area contributed by atoms with Gasteiger partial charge in [-0.05, 0) is 32.0 Å². The molecule has 13 nitrogen and oxygen atoms in total. The molecule has 1 aromatic carbocycles. The second kappa shape index (κ2) is 9.40. The van der Waals surface area contributed by atoms with Crippen molar-refractivity contribution in [2.24, 2.45) is 0 Å². The first-order chi connectivity index (χ1) is 14.8. The molecule has 5 N–H and O–H groups in total. The molecule has 0 bridgehead atoms. The third-order valence-electron chi connectivity index (χ3n) is 4.99. The number of nitrogens with zero attached hydrogens (tertiary/aromatic N) is 2. The highest BCUT2D eigenvalue weighted by Gasteiger charge is 2.54. The summed E-state index contributed by atoms with van der Waals surface area (Å²) in [5, 5.41) is 28.9. The molecule has 2 rings (SSSR count). The zero-order chi connectivity index (χ0) is 24.4. The molecule has 1 aliphatic heterocycles. The van der Waals surface area contributed by atoms with Crippen molar-refractivity contribution in [3.63, 3.8) is 0 Å². The minimum Gasteiger partial charge on any atom is -0.504 e. The molecule has 3 amide bonds. The Morgan fingerprint density at radius 1 is 1.34 bits per heavy atom. The zero-order valence-electron chi connectivity index (χ0n) is 17.3. The van der Waals surface area contributed by atoms with E-state index in [4.69, 9.17) is 4.74 Å². The number of rotatable bonds is 7. The molecule has 0 aromatic heterocycles. The van der Waals surface area contributed by atoms with Crippen molar-refractivity contribution < 1.29 is 48.0 Å². The molecule has 1 heterocycles. The molecule has 32 heavy (non-hydrogen) atoms. The fourth-order valence-electron chi connectivity index (χ4n) is 3.12. The molecular formula is C18H23N3O10S. The fourth-order valence-corrected chi connectivity index (χ4v) is 3.68. The Bertz CT molecular complexity index is 970. The van der Waals surface area contributed by atoms with Gasteiger partial charge in [0.25, 0.3) is 5.91 Å². The quantitative estimate of drug-likeness (QED) is 0.154. The van der Waals surface area contributed by atoms with E-state index in [1.807, 2.05) is 0 Å². The summed E-state index contributed by atoms with van der Waals surface area (Å²) in [6.45, 7) is 1.81. The van der Waals surface area contributed by atoms with E-state index in [1.54, 1.807) is 6.92 Å². The van der Waals surface area contributed by atoms with E-state index in [9.17, 15) is 43.3 Å². The van der Waals surface area contributed by atoms with Crippen molar-refractivity contribution in [1.29, 1.82) is 0 Å². The van der Waals surface area contributed by atoms with Crippen molar-refractivity contribution in [2.45, 2.75) is 37.1 Å². The number of carbonyl (C=O) groups excluding carboxylic acids is 3. The number of hydrazine groups is 1. The van der Waals surface area contributed by atoms with Gasteiger partial charge in [0, 0.05) is 25.1 Å². The number of aromatic hydroxyl groups is 2. The highest BCUT2D eigenvalue weighted by Crippen LogP contribution is 2.32. The number of hydrogen-bond donors (Lipinski definition) is 5. The Hall–Kier alpha value is -3.39. The van der Waals surface area contributed by atoms with Crippen LogP contribution in [0.1, 0.15) is 30.6 Å². The summed E-state index contributed by atoms with van der Waals surface area (Å²) in [5.74, 6) is -3.92. The van der Waals surface area contributed by atoms with E-state index in [-0.39, 0.29) is 12.0 Å². The highest BCUT2D eigenvalue weighted by molar-refractivity contribution is 7.80. The number of β-lactam (4-membered cyclic amide) rings is 1. The average Bonchev–Trinajstić information content (AvgIpc) is 2.71. The topological polar surface area (TPSA) is 194 Å². The number of carbonyl (C=O) groups is 4. The molecule has 176 valence electrons. The standard InChI is InChI=1S/C18H23N3O10S/c1-9-6-13(24)21(9)14(16(26)27)18(2,32(29)30)8-31-17(28)20(3)19-15(25)10-4-5-11(22)12(23)7-10/h4-5,7,9,14,22-23H,6,8H2,1-3H3,(H,19,25)(H,26,27)(H,29,30)/t9-,14+,18+/m1/s1. The molecule has 0 saturated carbocycles. The number of aliphatic carboxylic acids is 1. The number of hydrogen-bond acceptors (Lipinski definition) is 8. The van der Waals surface area contributed by atoms with Crippen LogP contribution in [-0.2, 0) is 25.4 Å². The average molecular weight is 473 g/mol. The molecule has 1 aliphatic rings. The third kappa shape index (κ3) is 4.91. The number of nitrogens with one attached hydrogen (secondary N) is 1. The van der Waals surface area contributed by atoms with Gasteiger partial charge in [-0.15, -0.1) is 0 Å². The second-order valence-electron chi connectivity index (χ2n) is 7.41. The van der Waals surface area contributed by atoms with E-state index in [0.29, 0.717) is 5.01 Å². The summed E-state index contributed by atoms with van der Waals surface area (Å²) in [4.78, 5) is 49.1. The van der Waals surface area contributed by atoms with E-state index < -0.39 is 69.9 Å². The van der Waals surface area contributed by atoms with Gasteiger partial charge in [-0.3, -0.25) is 15.0 Å². The van der Waals surface area contributed by atoms with Gasteiger partial charge in [-0.25, -0.2) is 18.8 Å². The van der Waals surface area contributed by atoms with Gasteiger partial charge in [-0.2, -0.15) is 0 Å². The summed E-state index contributed by atoms with van der Waals surface area (Å²) >= 11 is -2.82. The lowest BCUT2D eigenvalue weighted by Crippen LogP contribution is -2.68. The van der Waals surface area contributed by atoms with Crippen LogP contribution in [0.15, 0.2) is 18.2 Å². The number of phenols is 2. The van der Waals surface area contributed by atoms with E-state index in [2.05, 4.69) is 5.43 Å². The number of ether oxygens (including phenoxy) is 1. The maximum absolute atomic E-state index is 12.3. The lowest BCUT2D eigenvalue weighted by atomic mass is 9.92. The molecule has 0 aliphatic carbocycles. The Morgan fingerprint density at radius 3 is 2.44 bits per heavy atom. The fraction of sp³-hybridized carbons (Fsp3) is 0.444. The Morgan fingerprint density at radius 2 is 1.97 bits per heavy atom. The van der Waals surface area contributed by atoms with E-state index in [1.165, 1.54) is 6.07 Å². The number of phenolic OH excluding ortho intramolecular Hbond substituents is 2. The Kier molecular flexibility index (Phi) is 7.31. The third-order valence-corrected chi connectivity index (χ3v) is 6.12. The van der Waals surface area contributed by atoms with Crippen LogP contribution >= 0.6 is 0 Å². The van der Waals surface area contributed by atoms with Crippen LogP contribution in [0.3, 0.4) is 0 Å². The van der Waals surface area contributed by atoms with Crippen LogP contribution in [0, 0.1) is 0 Å². The van der Waals surface area contributed by atoms with Gasteiger partial charge in [0.1, 0.15) is 11.4 Å². The summed E-state index contributed by atoms with van der Waals surface area (Å²) in [5.41, 5.74) is 2.03. The maximum Gasteiger partial charge on any atom is 0.428 e. The molecule has 0 spiro atoms. The van der Waals surface area contributed by atoms with Crippen molar-refractivity contribution in [1.82, 2.24) is 15.3 Å². The predicted octanol–water partition coefficient (Wildman–Crippen LogP) is -0.135. The number of likely N-dealkylation sites (tertiary alicyclic amines) is 1. The summed E-state index contributed by atoms with van der Waals surface area (Å²) in [7, 11) is 1.10. The van der Waals surface area contributed by atoms with E-state index >= 15 is 0 Å². The lowest BCUT2D eigenvalue weighted by Gasteiger charge is -2.47. The zero-order valence-corrected chi connectivity index (χ0v) is 18.2. The van der Waals surface area contributed by atoms with Crippen molar-refractivity contribution in [2.75, 3.05) is 13.7 Å². The molecular weight excluding hydrogens is 450 g/mol. The predicted molar refractivity (Wildman–Crippen MR) is 108 cm³/mol. The first-order valence-corrected chi connectivity index (χ1v) is 10.3. The summed E-state index contributed by atoms with van der Waals surface area (Å²) in [6, 6.07) is 0.980. The van der Waals surface area contributed by atoms with Crippen LogP contribution in [0.5, 0.6) is 11.5 Å². The molecule has 0 radical (unpaired) electrons. The normalized spacial score (nSPS) is 19.2. The van der Waals surface area contributed by atoms with Gasteiger partial charge >= 0.3 is 12.1 Å². The van der Waals surface area contributed by atoms with Crippen LogP contribution in [-0.4, -0.2) is 88.4 Å². The molecule has 1 saturated heterocycles. The van der Waals surface area contributed by atoms with E-state index in [0.717, 1.165) is 31.0 Å². The SMILES string of the molecule is C[C@@H]1CC(=O)N1[C@@H](C(=O)O)[C@](C)(COC(=O)N(C)NC(=O)c1ccc(O)c(O)c1)S(=O)O.